The molecule has 3 fully saturated rings. The number of hydrogen-bond donors (Lipinski definition) is 3. The number of hydrogen-bond acceptors (Lipinski definition) is 11. The quantitative estimate of drug-likeness (QED) is 0.282. The molecule has 0 spiro atoms. The first kappa shape index (κ1) is 41.9. The molecule has 3 heterocycles. The van der Waals surface area contributed by atoms with E-state index in [1.165, 1.54) is 32.2 Å². The van der Waals surface area contributed by atoms with Crippen LogP contribution in [0.15, 0.2) is 30.4 Å². The number of alkyl carbamates (subject to hydrolysis) is 1. The monoisotopic (exact) mass is 822 g/mol. The number of rotatable bonds is 10. The van der Waals surface area contributed by atoms with Gasteiger partial charge < -0.3 is 29.7 Å². The Morgan fingerprint density at radius 3 is 2.49 bits per heavy atom. The number of alkyl halides is 3. The number of carbonyl (C=O) groups is 4. The van der Waals surface area contributed by atoms with Crippen LogP contribution >= 0.6 is 0 Å². The summed E-state index contributed by atoms with van der Waals surface area (Å²) in [5.41, 5.74) is -3.14. The molecule has 57 heavy (non-hydrogen) atoms. The van der Waals surface area contributed by atoms with Crippen molar-refractivity contribution in [2.75, 3.05) is 13.7 Å². The Bertz CT molecular complexity index is 2020. The van der Waals surface area contributed by atoms with Gasteiger partial charge in [-0.25, -0.2) is 23.2 Å². The van der Waals surface area contributed by atoms with Crippen molar-refractivity contribution in [3.05, 3.63) is 36.0 Å². The number of halogens is 3. The van der Waals surface area contributed by atoms with Gasteiger partial charge in [0.15, 0.2) is 0 Å². The van der Waals surface area contributed by atoms with Gasteiger partial charge in [-0.1, -0.05) is 38.8 Å². The number of methoxy groups -OCH3 is 1. The minimum absolute atomic E-state index is 0.0371. The molecule has 1 aromatic carbocycles. The van der Waals surface area contributed by atoms with Crippen LogP contribution in [0.3, 0.4) is 0 Å². The second-order valence-corrected chi connectivity index (χ2v) is 17.7. The number of aromatic nitrogens is 2. The average Bonchev–Trinajstić information content (AvgIpc) is 4.04. The van der Waals surface area contributed by atoms with Gasteiger partial charge >= 0.3 is 12.3 Å². The highest BCUT2D eigenvalue weighted by Crippen LogP contribution is 2.47. The summed E-state index contributed by atoms with van der Waals surface area (Å²) >= 11 is 0. The third kappa shape index (κ3) is 9.07. The molecule has 4 amide bonds. The van der Waals surface area contributed by atoms with Crippen LogP contribution in [0.1, 0.15) is 97.1 Å². The molecule has 6 rings (SSSR count). The van der Waals surface area contributed by atoms with Crippen molar-refractivity contribution in [2.45, 2.75) is 132 Å². The molecule has 2 aliphatic carbocycles. The summed E-state index contributed by atoms with van der Waals surface area (Å²) < 4.78 is 87.1. The van der Waals surface area contributed by atoms with E-state index < -0.39 is 98.6 Å². The molecule has 4 aliphatic rings. The molecule has 19 heteroatoms. The van der Waals surface area contributed by atoms with Gasteiger partial charge in [0.25, 0.3) is 5.91 Å². The molecule has 2 aliphatic heterocycles. The van der Waals surface area contributed by atoms with Gasteiger partial charge in [0.05, 0.1) is 29.4 Å². The maximum Gasteiger partial charge on any atom is 0.438 e. The van der Waals surface area contributed by atoms with E-state index in [-0.39, 0.29) is 30.3 Å². The SMILES string of the molecule is CCC(CC)OC(=O)N[C@H]1CCCCC/C=C\[C@@H]2C[C@@]2(C(=O)NS(=O)(=O)C2(C)CC2)NC(=O)[C@@H]2C[C@@H](Oc3nc4cc(OC)ccc4nc3C(F)(F)F)CN2C1=O. The smallest absolute Gasteiger partial charge is 0.438 e. The fraction of sp³-hybridized carbons (Fsp3) is 0.632. The number of benzene rings is 1. The number of amides is 4. The third-order valence-corrected chi connectivity index (χ3v) is 13.5. The lowest BCUT2D eigenvalue weighted by Crippen LogP contribution is -2.58. The molecule has 5 atom stereocenters. The van der Waals surface area contributed by atoms with E-state index in [2.05, 4.69) is 25.3 Å². The van der Waals surface area contributed by atoms with Gasteiger partial charge in [0, 0.05) is 18.4 Å². The minimum atomic E-state index is -5.00. The first-order valence-corrected chi connectivity index (χ1v) is 20.8. The van der Waals surface area contributed by atoms with Crippen LogP contribution in [-0.4, -0.2) is 95.3 Å². The van der Waals surface area contributed by atoms with Crippen molar-refractivity contribution in [3.63, 3.8) is 0 Å². The summed E-state index contributed by atoms with van der Waals surface area (Å²) in [7, 11) is -2.71. The summed E-state index contributed by atoms with van der Waals surface area (Å²) in [5, 5.41) is 5.37. The van der Waals surface area contributed by atoms with Gasteiger partial charge in [0.2, 0.25) is 33.4 Å². The highest BCUT2D eigenvalue weighted by Gasteiger charge is 2.63. The van der Waals surface area contributed by atoms with E-state index in [1.807, 2.05) is 19.9 Å². The molecule has 1 saturated heterocycles. The number of nitrogens with one attached hydrogen (secondary N) is 3. The van der Waals surface area contributed by atoms with E-state index in [9.17, 15) is 40.8 Å². The first-order chi connectivity index (χ1) is 26.9. The zero-order valence-electron chi connectivity index (χ0n) is 32.3. The van der Waals surface area contributed by atoms with Crippen molar-refractivity contribution >= 4 is 44.9 Å². The van der Waals surface area contributed by atoms with Crippen LogP contribution < -0.4 is 24.8 Å². The fourth-order valence-corrected chi connectivity index (χ4v) is 8.61. The second-order valence-electron chi connectivity index (χ2n) is 15.5. The zero-order chi connectivity index (χ0) is 41.3. The molecule has 312 valence electrons. The number of nitrogens with zero attached hydrogens (tertiary/aromatic N) is 3. The number of allylic oxidation sites excluding steroid dienone is 1. The molecule has 3 N–H and O–H groups in total. The van der Waals surface area contributed by atoms with Crippen molar-refractivity contribution in [3.8, 4) is 11.6 Å². The van der Waals surface area contributed by atoms with Gasteiger partial charge in [-0.3, -0.25) is 19.1 Å². The van der Waals surface area contributed by atoms with Crippen molar-refractivity contribution in [2.24, 2.45) is 5.92 Å². The predicted octanol–water partition coefficient (Wildman–Crippen LogP) is 4.68. The number of ether oxygens (including phenoxy) is 3. The molecule has 0 radical (unpaired) electrons. The standard InChI is InChI=1S/C38H49F3N6O9S/c1-5-23(6-2)56-35(51)44-27-13-11-9-7-8-10-12-22-20-37(22,34(50)46-57(52,53)36(3)16-17-36)45-31(48)29-19-25(21-47(29)33(27)49)55-32-30(38(39,40)41)42-26-15-14-24(54-4)18-28(26)43-32/h10,12,14-15,18,22-23,25,27,29H,5-9,11,13,16-17,19-21H2,1-4H3,(H,44,51)(H,45,48)(H,46,50)/b12-10-/t22-,25-,27+,29+,37-/m1/s1. The summed E-state index contributed by atoms with van der Waals surface area (Å²) in [6.07, 6.45) is 0.288. The lowest BCUT2D eigenvalue weighted by atomic mass is 10.0. The van der Waals surface area contributed by atoms with Crippen molar-refractivity contribution in [1.82, 2.24) is 30.2 Å². The Labute approximate surface area is 328 Å². The molecular weight excluding hydrogens is 774 g/mol. The average molecular weight is 823 g/mol. The summed E-state index contributed by atoms with van der Waals surface area (Å²) in [6, 6.07) is 1.54. The van der Waals surface area contributed by atoms with Gasteiger partial charge in [-0.05, 0) is 70.4 Å². The Morgan fingerprint density at radius 2 is 1.82 bits per heavy atom. The van der Waals surface area contributed by atoms with Crippen LogP contribution in [-0.2, 0) is 35.3 Å². The van der Waals surface area contributed by atoms with Gasteiger partial charge in [-0.2, -0.15) is 13.2 Å². The van der Waals surface area contributed by atoms with Crippen LogP contribution in [0.25, 0.3) is 11.0 Å². The third-order valence-electron chi connectivity index (χ3n) is 11.3. The summed E-state index contributed by atoms with van der Waals surface area (Å²) in [5.74, 6) is -3.63. The van der Waals surface area contributed by atoms with Crippen LogP contribution in [0.5, 0.6) is 11.6 Å². The van der Waals surface area contributed by atoms with E-state index >= 15 is 0 Å². The van der Waals surface area contributed by atoms with E-state index in [4.69, 9.17) is 14.2 Å². The Hall–Kier alpha value is -4.68. The van der Waals surface area contributed by atoms with Crippen LogP contribution in [0.4, 0.5) is 18.0 Å². The number of sulfonamides is 1. The van der Waals surface area contributed by atoms with E-state index in [0.717, 1.165) is 4.90 Å². The molecule has 2 saturated carbocycles. The van der Waals surface area contributed by atoms with Crippen molar-refractivity contribution in [1.29, 1.82) is 0 Å². The minimum Gasteiger partial charge on any atom is -0.497 e. The first-order valence-electron chi connectivity index (χ1n) is 19.4. The number of fused-ring (bicyclic) bond motifs is 3. The number of carbonyl (C=O) groups excluding carboxylic acids is 4. The fourth-order valence-electron chi connectivity index (χ4n) is 7.30. The summed E-state index contributed by atoms with van der Waals surface area (Å²) in [4.78, 5) is 64.7. The molecule has 2 aromatic rings. The molecule has 0 bridgehead atoms. The largest absolute Gasteiger partial charge is 0.497 e. The van der Waals surface area contributed by atoms with Crippen molar-refractivity contribution < 1.29 is 55.0 Å². The van der Waals surface area contributed by atoms with Gasteiger partial charge in [0.1, 0.15) is 35.6 Å². The van der Waals surface area contributed by atoms with Crippen LogP contribution in [0.2, 0.25) is 0 Å². The van der Waals surface area contributed by atoms with Gasteiger partial charge in [-0.15, -0.1) is 0 Å². The molecule has 1 aromatic heterocycles. The Balaban J connectivity index is 1.34. The predicted molar refractivity (Wildman–Crippen MR) is 199 cm³/mol. The van der Waals surface area contributed by atoms with E-state index in [1.54, 1.807) is 6.08 Å². The van der Waals surface area contributed by atoms with E-state index in [0.29, 0.717) is 57.1 Å². The molecule has 15 nitrogen and oxygen atoms in total. The lowest BCUT2D eigenvalue weighted by molar-refractivity contribution is -0.143. The highest BCUT2D eigenvalue weighted by molar-refractivity contribution is 7.91. The molecular formula is C38H49F3N6O9S. The van der Waals surface area contributed by atoms with Crippen LogP contribution in [0, 0.1) is 5.92 Å². The zero-order valence-corrected chi connectivity index (χ0v) is 33.1. The summed E-state index contributed by atoms with van der Waals surface area (Å²) in [6.45, 7) is 4.81. The second kappa shape index (κ2) is 16.3. The highest BCUT2D eigenvalue weighted by atomic mass is 32.2. The molecule has 0 unspecified atom stereocenters. The Kier molecular flexibility index (Phi) is 12.0. The maximum atomic E-state index is 14.5. The maximum absolute atomic E-state index is 14.5. The topological polar surface area (TPSA) is 195 Å². The normalized spacial score (nSPS) is 26.9. The lowest BCUT2D eigenvalue weighted by Gasteiger charge is -2.30. The Morgan fingerprint density at radius 1 is 1.09 bits per heavy atom.